The van der Waals surface area contributed by atoms with Gasteiger partial charge in [0.25, 0.3) is 0 Å². The zero-order chi connectivity index (χ0) is 13.8. The molecule has 1 amide bonds. The van der Waals surface area contributed by atoms with E-state index in [4.69, 9.17) is 0 Å². The van der Waals surface area contributed by atoms with Gasteiger partial charge in [0, 0.05) is 6.54 Å². The van der Waals surface area contributed by atoms with Crippen LogP contribution in [0, 0.1) is 5.92 Å². The summed E-state index contributed by atoms with van der Waals surface area (Å²) in [5, 5.41) is 6.62. The van der Waals surface area contributed by atoms with Gasteiger partial charge in [0.2, 0.25) is 5.91 Å². The Labute approximate surface area is 121 Å². The van der Waals surface area contributed by atoms with Crippen LogP contribution in [0.4, 0.5) is 0 Å². The molecule has 2 N–H and O–H groups in total. The van der Waals surface area contributed by atoms with Crippen LogP contribution in [0.2, 0.25) is 0 Å². The van der Waals surface area contributed by atoms with Gasteiger partial charge in [-0.1, -0.05) is 36.8 Å². The monoisotopic (exact) mass is 272 g/mol. The van der Waals surface area contributed by atoms with Gasteiger partial charge in [-0.2, -0.15) is 0 Å². The molecule has 1 aromatic rings. The Kier molecular flexibility index (Phi) is 4.06. The topological polar surface area (TPSA) is 41.1 Å². The molecule has 1 unspecified atom stereocenters. The van der Waals surface area contributed by atoms with Crippen LogP contribution >= 0.6 is 0 Å². The van der Waals surface area contributed by atoms with Crippen LogP contribution in [-0.2, 0) is 10.2 Å². The third kappa shape index (κ3) is 2.59. The second kappa shape index (κ2) is 5.96. The Morgan fingerprint density at radius 1 is 1.25 bits per heavy atom. The Bertz CT molecular complexity index is 447. The molecule has 1 saturated carbocycles. The second-order valence-electron chi connectivity index (χ2n) is 6.22. The number of amides is 1. The number of nitrogens with one attached hydrogen (secondary N) is 2. The van der Waals surface area contributed by atoms with Crippen molar-refractivity contribution in [1.29, 1.82) is 0 Å². The normalized spacial score (nSPS) is 24.7. The molecule has 3 nitrogen and oxygen atoms in total. The van der Waals surface area contributed by atoms with E-state index in [2.05, 4.69) is 22.8 Å². The molecule has 0 bridgehead atoms. The van der Waals surface area contributed by atoms with E-state index in [1.54, 1.807) is 0 Å². The fourth-order valence-electron chi connectivity index (χ4n) is 3.44. The minimum absolute atomic E-state index is 0.237. The van der Waals surface area contributed by atoms with Gasteiger partial charge in [0.15, 0.2) is 0 Å². The maximum Gasteiger partial charge on any atom is 0.230 e. The minimum atomic E-state index is -0.247. The number of hydrogen-bond donors (Lipinski definition) is 2. The third-order valence-corrected chi connectivity index (χ3v) is 4.92. The Hall–Kier alpha value is -1.35. The van der Waals surface area contributed by atoms with Crippen LogP contribution < -0.4 is 10.6 Å². The Morgan fingerprint density at radius 2 is 2.05 bits per heavy atom. The Balaban J connectivity index is 1.62. The molecule has 20 heavy (non-hydrogen) atoms. The van der Waals surface area contributed by atoms with E-state index in [1.807, 2.05) is 18.2 Å². The molecule has 1 saturated heterocycles. The maximum atomic E-state index is 12.7. The quantitative estimate of drug-likeness (QED) is 0.882. The van der Waals surface area contributed by atoms with E-state index >= 15 is 0 Å². The van der Waals surface area contributed by atoms with Crippen LogP contribution in [0.25, 0.3) is 0 Å². The largest absolute Gasteiger partial charge is 0.355 e. The van der Waals surface area contributed by atoms with Crippen molar-refractivity contribution in [2.24, 2.45) is 5.92 Å². The summed E-state index contributed by atoms with van der Waals surface area (Å²) in [7, 11) is 0. The first-order chi connectivity index (χ1) is 9.81. The predicted octanol–water partition coefficient (Wildman–Crippen LogP) is 2.22. The van der Waals surface area contributed by atoms with Gasteiger partial charge in [0.05, 0.1) is 5.41 Å². The number of benzene rings is 1. The molecule has 3 heteroatoms. The van der Waals surface area contributed by atoms with Crippen molar-refractivity contribution in [1.82, 2.24) is 10.6 Å². The van der Waals surface area contributed by atoms with E-state index in [0.717, 1.165) is 38.9 Å². The van der Waals surface area contributed by atoms with Crippen molar-refractivity contribution in [3.63, 3.8) is 0 Å². The highest BCUT2D eigenvalue weighted by Gasteiger charge is 2.45. The summed E-state index contributed by atoms with van der Waals surface area (Å²) in [5.74, 6) is 0.834. The summed E-state index contributed by atoms with van der Waals surface area (Å²) in [6, 6.07) is 10.3. The summed E-state index contributed by atoms with van der Waals surface area (Å²) in [5.41, 5.74) is 0.939. The summed E-state index contributed by atoms with van der Waals surface area (Å²) in [6.07, 6.45) is 5.60. The molecule has 3 rings (SSSR count). The highest BCUT2D eigenvalue weighted by Crippen LogP contribution is 2.43. The fourth-order valence-corrected chi connectivity index (χ4v) is 3.44. The number of piperidine rings is 1. The van der Waals surface area contributed by atoms with E-state index in [0.29, 0.717) is 5.92 Å². The van der Waals surface area contributed by atoms with Crippen molar-refractivity contribution in [3.8, 4) is 0 Å². The molecule has 2 fully saturated rings. The third-order valence-electron chi connectivity index (χ3n) is 4.92. The lowest BCUT2D eigenvalue weighted by Crippen LogP contribution is -2.51. The average Bonchev–Trinajstić information content (AvgIpc) is 2.46. The van der Waals surface area contributed by atoms with Crippen molar-refractivity contribution in [2.45, 2.75) is 37.5 Å². The molecule has 108 valence electrons. The first-order valence-corrected chi connectivity index (χ1v) is 7.86. The van der Waals surface area contributed by atoms with Gasteiger partial charge in [-0.15, -0.1) is 0 Å². The van der Waals surface area contributed by atoms with Crippen molar-refractivity contribution >= 4 is 5.91 Å². The first-order valence-electron chi connectivity index (χ1n) is 7.86. The van der Waals surface area contributed by atoms with E-state index < -0.39 is 0 Å². The molecule has 2 aliphatic rings. The lowest BCUT2D eigenvalue weighted by molar-refractivity contribution is -0.130. The summed E-state index contributed by atoms with van der Waals surface area (Å²) in [6.45, 7) is 2.98. The first kappa shape index (κ1) is 13.6. The smallest absolute Gasteiger partial charge is 0.230 e. The van der Waals surface area contributed by atoms with Gasteiger partial charge >= 0.3 is 0 Å². The van der Waals surface area contributed by atoms with Gasteiger partial charge in [-0.3, -0.25) is 4.79 Å². The SMILES string of the molecule is O=C(NCC1CCCNC1)C1(c2ccccc2)CCC1. The lowest BCUT2D eigenvalue weighted by Gasteiger charge is -2.41. The molecular weight excluding hydrogens is 248 g/mol. The molecule has 0 radical (unpaired) electrons. The fraction of sp³-hybridized carbons (Fsp3) is 0.588. The van der Waals surface area contributed by atoms with E-state index in [1.165, 1.54) is 18.4 Å². The zero-order valence-electron chi connectivity index (χ0n) is 12.0. The highest BCUT2D eigenvalue weighted by atomic mass is 16.2. The van der Waals surface area contributed by atoms with Gasteiger partial charge in [0.1, 0.15) is 0 Å². The summed E-state index contributed by atoms with van der Waals surface area (Å²) < 4.78 is 0. The molecule has 1 atom stereocenters. The van der Waals surface area contributed by atoms with Crippen molar-refractivity contribution in [2.75, 3.05) is 19.6 Å². The molecule has 1 heterocycles. The number of rotatable bonds is 4. The lowest BCUT2D eigenvalue weighted by atomic mass is 9.64. The molecule has 0 aromatic heterocycles. The summed E-state index contributed by atoms with van der Waals surface area (Å²) >= 11 is 0. The summed E-state index contributed by atoms with van der Waals surface area (Å²) in [4.78, 5) is 12.7. The van der Waals surface area contributed by atoms with Crippen LogP contribution in [0.3, 0.4) is 0 Å². The van der Waals surface area contributed by atoms with E-state index in [-0.39, 0.29) is 11.3 Å². The van der Waals surface area contributed by atoms with Gasteiger partial charge in [-0.05, 0) is 50.3 Å². The molecule has 1 aliphatic carbocycles. The van der Waals surface area contributed by atoms with Crippen molar-refractivity contribution in [3.05, 3.63) is 35.9 Å². The van der Waals surface area contributed by atoms with Crippen LogP contribution in [0.15, 0.2) is 30.3 Å². The van der Waals surface area contributed by atoms with Gasteiger partial charge < -0.3 is 10.6 Å². The second-order valence-corrected chi connectivity index (χ2v) is 6.22. The standard InChI is InChI=1S/C17H24N2O/c20-16(19-13-14-6-4-11-18-12-14)17(9-5-10-17)15-7-2-1-3-8-15/h1-3,7-8,14,18H,4-6,9-13H2,(H,19,20). The van der Waals surface area contributed by atoms with E-state index in [9.17, 15) is 4.79 Å². The number of hydrogen-bond acceptors (Lipinski definition) is 2. The number of carbonyl (C=O) groups is 1. The number of carbonyl (C=O) groups excluding carboxylic acids is 1. The van der Waals surface area contributed by atoms with Crippen LogP contribution in [0.5, 0.6) is 0 Å². The highest BCUT2D eigenvalue weighted by molar-refractivity contribution is 5.89. The van der Waals surface area contributed by atoms with Crippen LogP contribution in [0.1, 0.15) is 37.7 Å². The van der Waals surface area contributed by atoms with Crippen molar-refractivity contribution < 1.29 is 4.79 Å². The van der Waals surface area contributed by atoms with Crippen LogP contribution in [-0.4, -0.2) is 25.5 Å². The zero-order valence-corrected chi connectivity index (χ0v) is 12.0. The molecule has 0 spiro atoms. The maximum absolute atomic E-state index is 12.7. The Morgan fingerprint density at radius 3 is 2.65 bits per heavy atom. The molecular formula is C17H24N2O. The molecule has 1 aliphatic heterocycles. The molecule has 1 aromatic carbocycles. The van der Waals surface area contributed by atoms with Gasteiger partial charge in [-0.25, -0.2) is 0 Å². The average molecular weight is 272 g/mol. The predicted molar refractivity (Wildman–Crippen MR) is 80.6 cm³/mol. The minimum Gasteiger partial charge on any atom is -0.355 e.